The molecule has 0 fully saturated rings. The highest BCUT2D eigenvalue weighted by atomic mass is 16.2. The zero-order valence-electron chi connectivity index (χ0n) is 11.9. The maximum atomic E-state index is 11.6. The normalized spacial score (nSPS) is 12.4. The van der Waals surface area contributed by atoms with Crippen molar-refractivity contribution in [1.29, 1.82) is 0 Å². The average Bonchev–Trinajstić information content (AvgIpc) is 2.78. The molecule has 1 N–H and O–H groups in total. The van der Waals surface area contributed by atoms with Gasteiger partial charge in [0.05, 0.1) is 0 Å². The number of nitrogens with zero attached hydrogens (tertiary/aromatic N) is 2. The molecule has 1 atom stereocenters. The molecule has 1 heterocycles. The van der Waals surface area contributed by atoms with Crippen molar-refractivity contribution < 1.29 is 4.79 Å². The number of amides is 1. The van der Waals surface area contributed by atoms with Crippen LogP contribution in [0.25, 0.3) is 0 Å². The highest BCUT2D eigenvalue weighted by Gasteiger charge is 2.11. The number of aromatic nitrogens is 1. The Balaban J connectivity index is 2.63. The molecule has 0 saturated carbocycles. The fourth-order valence-electron chi connectivity index (χ4n) is 1.88. The summed E-state index contributed by atoms with van der Waals surface area (Å²) in [7, 11) is 3.56. The molecule has 0 radical (unpaired) electrons. The highest BCUT2D eigenvalue weighted by Crippen LogP contribution is 2.16. The lowest BCUT2D eigenvalue weighted by molar-refractivity contribution is -0.129. The second-order valence-electron chi connectivity index (χ2n) is 4.82. The number of nitrogens with one attached hydrogen (secondary N) is 1. The minimum Gasteiger partial charge on any atom is -0.347 e. The summed E-state index contributed by atoms with van der Waals surface area (Å²) < 4.78 is 1.95. The fourth-order valence-corrected chi connectivity index (χ4v) is 1.88. The maximum absolute atomic E-state index is 11.6. The number of likely N-dealkylation sites (N-methyl/N-ethyl adjacent to an activating group) is 1. The van der Waals surface area contributed by atoms with E-state index in [1.807, 2.05) is 10.8 Å². The van der Waals surface area contributed by atoms with Gasteiger partial charge in [0.25, 0.3) is 0 Å². The van der Waals surface area contributed by atoms with Crippen LogP contribution in [0.1, 0.15) is 38.3 Å². The Labute approximate surface area is 110 Å². The number of carbonyl (C=O) groups excluding carboxylic acids is 1. The van der Waals surface area contributed by atoms with Crippen LogP contribution in [0, 0.1) is 0 Å². The SMILES string of the molecule is CCCNC(CC)c1ccn(CC(=O)N(C)C)c1. The van der Waals surface area contributed by atoms with Crippen LogP contribution in [0.2, 0.25) is 0 Å². The number of rotatable bonds is 7. The van der Waals surface area contributed by atoms with Crippen LogP contribution >= 0.6 is 0 Å². The van der Waals surface area contributed by atoms with Crippen molar-refractivity contribution in [2.75, 3.05) is 20.6 Å². The first kappa shape index (κ1) is 14.8. The van der Waals surface area contributed by atoms with Crippen molar-refractivity contribution in [3.63, 3.8) is 0 Å². The van der Waals surface area contributed by atoms with Crippen molar-refractivity contribution in [3.05, 3.63) is 24.0 Å². The van der Waals surface area contributed by atoms with Gasteiger partial charge in [-0.3, -0.25) is 4.79 Å². The standard InChI is InChI=1S/C14H25N3O/c1-5-8-15-13(6-2)12-7-9-17(10-12)11-14(18)16(3)4/h7,9-10,13,15H,5-6,8,11H2,1-4H3. The first-order valence-corrected chi connectivity index (χ1v) is 6.67. The molecule has 0 aliphatic carbocycles. The summed E-state index contributed by atoms with van der Waals surface area (Å²) in [4.78, 5) is 13.2. The Morgan fingerprint density at radius 3 is 2.72 bits per heavy atom. The van der Waals surface area contributed by atoms with Gasteiger partial charge in [-0.15, -0.1) is 0 Å². The van der Waals surface area contributed by atoms with Crippen molar-refractivity contribution in [3.8, 4) is 0 Å². The second-order valence-corrected chi connectivity index (χ2v) is 4.82. The highest BCUT2D eigenvalue weighted by molar-refractivity contribution is 5.75. The first-order valence-electron chi connectivity index (χ1n) is 6.67. The average molecular weight is 251 g/mol. The summed E-state index contributed by atoms with van der Waals surface area (Å²) in [6.07, 6.45) is 6.24. The molecule has 4 nitrogen and oxygen atoms in total. The maximum Gasteiger partial charge on any atom is 0.241 e. The van der Waals surface area contributed by atoms with Crippen LogP contribution in [-0.4, -0.2) is 36.0 Å². The molecule has 1 aromatic rings. The Bertz CT molecular complexity index is 371. The van der Waals surface area contributed by atoms with Crippen LogP contribution in [0.4, 0.5) is 0 Å². The molecule has 1 amide bonds. The molecule has 18 heavy (non-hydrogen) atoms. The molecule has 0 aliphatic heterocycles. The van der Waals surface area contributed by atoms with Crippen LogP contribution in [0.5, 0.6) is 0 Å². The van der Waals surface area contributed by atoms with E-state index in [0.717, 1.165) is 19.4 Å². The Kier molecular flexibility index (Phi) is 5.92. The van der Waals surface area contributed by atoms with Gasteiger partial charge in [-0.1, -0.05) is 13.8 Å². The van der Waals surface area contributed by atoms with E-state index in [-0.39, 0.29) is 5.91 Å². The zero-order valence-corrected chi connectivity index (χ0v) is 11.9. The lowest BCUT2D eigenvalue weighted by Crippen LogP contribution is -2.25. The predicted molar refractivity (Wildman–Crippen MR) is 74.5 cm³/mol. The summed E-state index contributed by atoms with van der Waals surface area (Å²) >= 11 is 0. The number of hydrogen-bond donors (Lipinski definition) is 1. The summed E-state index contributed by atoms with van der Waals surface area (Å²) in [5.41, 5.74) is 1.26. The molecule has 1 aromatic heterocycles. The van der Waals surface area contributed by atoms with Crippen molar-refractivity contribution in [2.24, 2.45) is 0 Å². The van der Waals surface area contributed by atoms with Gasteiger partial charge < -0.3 is 14.8 Å². The molecular weight excluding hydrogens is 226 g/mol. The van der Waals surface area contributed by atoms with Gasteiger partial charge >= 0.3 is 0 Å². The molecule has 1 unspecified atom stereocenters. The minimum absolute atomic E-state index is 0.117. The molecule has 0 aliphatic rings. The van der Waals surface area contributed by atoms with Crippen LogP contribution in [0.15, 0.2) is 18.5 Å². The van der Waals surface area contributed by atoms with E-state index >= 15 is 0 Å². The Morgan fingerprint density at radius 2 is 2.17 bits per heavy atom. The summed E-state index contributed by atoms with van der Waals surface area (Å²) in [6.45, 7) is 5.79. The summed E-state index contributed by atoms with van der Waals surface area (Å²) in [6, 6.07) is 2.49. The third-order valence-electron chi connectivity index (χ3n) is 3.04. The molecule has 0 bridgehead atoms. The van der Waals surface area contributed by atoms with Crippen LogP contribution < -0.4 is 5.32 Å². The van der Waals surface area contributed by atoms with Crippen LogP contribution in [-0.2, 0) is 11.3 Å². The van der Waals surface area contributed by atoms with Crippen molar-refractivity contribution in [2.45, 2.75) is 39.3 Å². The quantitative estimate of drug-likeness (QED) is 0.805. The monoisotopic (exact) mass is 251 g/mol. The van der Waals surface area contributed by atoms with Gasteiger partial charge in [-0.05, 0) is 31.0 Å². The van der Waals surface area contributed by atoms with Gasteiger partial charge in [0, 0.05) is 32.5 Å². The predicted octanol–water partition coefficient (Wildman–Crippen LogP) is 2.03. The lowest BCUT2D eigenvalue weighted by atomic mass is 10.1. The van der Waals surface area contributed by atoms with E-state index in [1.54, 1.807) is 19.0 Å². The molecule has 0 spiro atoms. The summed E-state index contributed by atoms with van der Waals surface area (Å²) in [5, 5.41) is 3.52. The van der Waals surface area contributed by atoms with Gasteiger partial charge in [0.2, 0.25) is 5.91 Å². The van der Waals surface area contributed by atoms with Gasteiger partial charge in [-0.25, -0.2) is 0 Å². The molecule has 4 heteroatoms. The van der Waals surface area contributed by atoms with E-state index in [9.17, 15) is 4.79 Å². The number of hydrogen-bond acceptors (Lipinski definition) is 2. The van der Waals surface area contributed by atoms with E-state index < -0.39 is 0 Å². The lowest BCUT2D eigenvalue weighted by Gasteiger charge is -2.15. The molecule has 0 aromatic carbocycles. The molecule has 0 saturated heterocycles. The smallest absolute Gasteiger partial charge is 0.241 e. The fraction of sp³-hybridized carbons (Fsp3) is 0.643. The zero-order chi connectivity index (χ0) is 13.5. The van der Waals surface area contributed by atoms with Gasteiger partial charge in [0.15, 0.2) is 0 Å². The van der Waals surface area contributed by atoms with E-state index in [4.69, 9.17) is 0 Å². The Morgan fingerprint density at radius 1 is 1.44 bits per heavy atom. The largest absolute Gasteiger partial charge is 0.347 e. The summed E-state index contributed by atoms with van der Waals surface area (Å²) in [5.74, 6) is 0.117. The minimum atomic E-state index is 0.117. The number of carbonyl (C=O) groups is 1. The van der Waals surface area contributed by atoms with Gasteiger partial charge in [-0.2, -0.15) is 0 Å². The molecule has 1 rings (SSSR count). The third-order valence-corrected chi connectivity index (χ3v) is 3.04. The van der Waals surface area contributed by atoms with E-state index in [0.29, 0.717) is 12.6 Å². The van der Waals surface area contributed by atoms with Crippen LogP contribution in [0.3, 0.4) is 0 Å². The van der Waals surface area contributed by atoms with E-state index in [2.05, 4.69) is 31.4 Å². The molecule has 102 valence electrons. The van der Waals surface area contributed by atoms with Crippen molar-refractivity contribution >= 4 is 5.91 Å². The first-order chi connectivity index (χ1) is 8.58. The third kappa shape index (κ3) is 4.18. The Hall–Kier alpha value is -1.29. The second kappa shape index (κ2) is 7.21. The topological polar surface area (TPSA) is 37.3 Å². The molecular formula is C14H25N3O. The van der Waals surface area contributed by atoms with E-state index in [1.165, 1.54) is 5.56 Å². The van der Waals surface area contributed by atoms with Crippen molar-refractivity contribution in [1.82, 2.24) is 14.8 Å². The van der Waals surface area contributed by atoms with Gasteiger partial charge in [0.1, 0.15) is 6.54 Å².